The number of aromatic nitrogens is 1. The summed E-state index contributed by atoms with van der Waals surface area (Å²) in [6, 6.07) is 1.60. The van der Waals surface area contributed by atoms with Crippen LogP contribution in [0, 0.1) is 10.1 Å². The van der Waals surface area contributed by atoms with Crippen molar-refractivity contribution in [2.24, 2.45) is 0 Å². The molecule has 0 unspecified atom stereocenters. The lowest BCUT2D eigenvalue weighted by Crippen LogP contribution is -2.00. The second-order valence-electron chi connectivity index (χ2n) is 3.08. The number of pyridine rings is 1. The van der Waals surface area contributed by atoms with Gasteiger partial charge < -0.3 is 4.90 Å². The Bertz CT molecular complexity index is 404. The molecule has 0 amide bonds. The van der Waals surface area contributed by atoms with E-state index in [9.17, 15) is 10.1 Å². The number of hydrogen-bond acceptors (Lipinski definition) is 4. The first-order chi connectivity index (χ1) is 7.02. The maximum Gasteiger partial charge on any atom is 0.309 e. The molecule has 1 rings (SSSR count). The molecular formula is C9H10BrN3O2. The number of rotatable bonds is 3. The van der Waals surface area contributed by atoms with Crippen LogP contribution in [0.4, 0.5) is 5.69 Å². The van der Waals surface area contributed by atoms with Crippen molar-refractivity contribution in [2.45, 2.75) is 0 Å². The van der Waals surface area contributed by atoms with E-state index in [1.807, 2.05) is 14.1 Å². The molecule has 0 N–H and O–H groups in total. The summed E-state index contributed by atoms with van der Waals surface area (Å²) in [4.78, 5) is 15.9. The lowest BCUT2D eigenvalue weighted by atomic mass is 10.2. The number of halogens is 1. The second kappa shape index (κ2) is 4.88. The van der Waals surface area contributed by atoms with E-state index in [4.69, 9.17) is 0 Å². The molecule has 0 aromatic carbocycles. The minimum atomic E-state index is -0.452. The van der Waals surface area contributed by atoms with Gasteiger partial charge in [0.2, 0.25) is 0 Å². The van der Waals surface area contributed by atoms with Crippen molar-refractivity contribution in [2.75, 3.05) is 14.1 Å². The molecule has 0 atom stereocenters. The van der Waals surface area contributed by atoms with Crippen molar-refractivity contribution in [3.05, 3.63) is 38.7 Å². The molecule has 1 aromatic rings. The van der Waals surface area contributed by atoms with Gasteiger partial charge in [0.1, 0.15) is 0 Å². The molecule has 1 heterocycles. The molecule has 0 bridgehead atoms. The van der Waals surface area contributed by atoms with Crippen LogP contribution in [-0.2, 0) is 0 Å². The smallest absolute Gasteiger partial charge is 0.309 e. The van der Waals surface area contributed by atoms with Crippen LogP contribution in [0.1, 0.15) is 5.56 Å². The summed E-state index contributed by atoms with van der Waals surface area (Å²) in [5.74, 6) is 0. The molecule has 0 saturated carbocycles. The van der Waals surface area contributed by atoms with Crippen LogP contribution < -0.4 is 0 Å². The van der Waals surface area contributed by atoms with E-state index in [-0.39, 0.29) is 10.3 Å². The Hall–Kier alpha value is -1.43. The minimum Gasteiger partial charge on any atom is -0.383 e. The van der Waals surface area contributed by atoms with Crippen molar-refractivity contribution in [3.63, 3.8) is 0 Å². The van der Waals surface area contributed by atoms with Gasteiger partial charge >= 0.3 is 5.69 Å². The molecule has 5 nitrogen and oxygen atoms in total. The molecule has 0 radical (unpaired) electrons. The summed E-state index contributed by atoms with van der Waals surface area (Å²) in [6.45, 7) is 0. The summed E-state index contributed by atoms with van der Waals surface area (Å²) >= 11 is 3.05. The molecule has 0 saturated heterocycles. The number of nitro groups is 1. The van der Waals surface area contributed by atoms with Gasteiger partial charge in [0.05, 0.1) is 10.5 Å². The standard InChI is InChI=1S/C9H10BrN3O2/c1-12(2)6-4-7-3-5-11-9(10)8(7)13(14)15/h3-6H,1-2H3/b6-4+. The molecule has 80 valence electrons. The molecule has 0 aliphatic heterocycles. The quantitative estimate of drug-likeness (QED) is 0.481. The Morgan fingerprint density at radius 2 is 2.27 bits per heavy atom. The van der Waals surface area contributed by atoms with E-state index in [1.165, 1.54) is 6.20 Å². The normalized spacial score (nSPS) is 10.6. The van der Waals surface area contributed by atoms with Crippen LogP contribution in [0.5, 0.6) is 0 Å². The first-order valence-corrected chi connectivity index (χ1v) is 4.95. The zero-order valence-corrected chi connectivity index (χ0v) is 9.93. The van der Waals surface area contributed by atoms with Gasteiger partial charge in [0.25, 0.3) is 0 Å². The highest BCUT2D eigenvalue weighted by atomic mass is 79.9. The summed E-state index contributed by atoms with van der Waals surface area (Å²) in [5.41, 5.74) is 0.506. The van der Waals surface area contributed by atoms with Gasteiger partial charge in [-0.25, -0.2) is 4.98 Å². The Labute approximate surface area is 95.7 Å². The predicted molar refractivity (Wildman–Crippen MR) is 61.3 cm³/mol. The maximum absolute atomic E-state index is 10.8. The van der Waals surface area contributed by atoms with E-state index in [0.717, 1.165) is 0 Å². The maximum atomic E-state index is 10.8. The van der Waals surface area contributed by atoms with Crippen LogP contribution >= 0.6 is 15.9 Å². The zero-order chi connectivity index (χ0) is 11.4. The Morgan fingerprint density at radius 3 is 2.80 bits per heavy atom. The average Bonchev–Trinajstić information content (AvgIpc) is 2.13. The molecule has 1 aromatic heterocycles. The van der Waals surface area contributed by atoms with Gasteiger partial charge in [-0.1, -0.05) is 0 Å². The van der Waals surface area contributed by atoms with Gasteiger partial charge in [-0.2, -0.15) is 0 Å². The highest BCUT2D eigenvalue weighted by molar-refractivity contribution is 9.10. The van der Waals surface area contributed by atoms with Crippen molar-refractivity contribution in [1.29, 1.82) is 0 Å². The summed E-state index contributed by atoms with van der Waals surface area (Å²) < 4.78 is 0.244. The Morgan fingerprint density at radius 1 is 1.60 bits per heavy atom. The molecule has 0 aliphatic rings. The third-order valence-electron chi connectivity index (χ3n) is 1.65. The minimum absolute atomic E-state index is 0.0180. The lowest BCUT2D eigenvalue weighted by molar-refractivity contribution is -0.386. The monoisotopic (exact) mass is 271 g/mol. The first kappa shape index (κ1) is 11.6. The number of hydrogen-bond donors (Lipinski definition) is 0. The largest absolute Gasteiger partial charge is 0.383 e. The fraction of sp³-hybridized carbons (Fsp3) is 0.222. The first-order valence-electron chi connectivity index (χ1n) is 4.16. The summed E-state index contributed by atoms with van der Waals surface area (Å²) in [5, 5.41) is 10.8. The molecule has 6 heteroatoms. The fourth-order valence-electron chi connectivity index (χ4n) is 0.987. The van der Waals surface area contributed by atoms with E-state index in [1.54, 1.807) is 23.2 Å². The van der Waals surface area contributed by atoms with Crippen molar-refractivity contribution < 1.29 is 4.92 Å². The molecule has 0 spiro atoms. The lowest BCUT2D eigenvalue weighted by Gasteiger charge is -2.03. The van der Waals surface area contributed by atoms with Gasteiger partial charge in [0, 0.05) is 20.3 Å². The fourth-order valence-corrected chi connectivity index (χ4v) is 1.48. The third-order valence-corrected chi connectivity index (χ3v) is 2.23. The van der Waals surface area contributed by atoms with Crippen LogP contribution in [0.15, 0.2) is 23.1 Å². The topological polar surface area (TPSA) is 59.3 Å². The van der Waals surface area contributed by atoms with Crippen molar-refractivity contribution in [1.82, 2.24) is 9.88 Å². The van der Waals surface area contributed by atoms with E-state index < -0.39 is 4.92 Å². The van der Waals surface area contributed by atoms with E-state index in [2.05, 4.69) is 20.9 Å². The van der Waals surface area contributed by atoms with Crippen LogP contribution in [-0.4, -0.2) is 28.9 Å². The van der Waals surface area contributed by atoms with Crippen LogP contribution in [0.25, 0.3) is 6.08 Å². The van der Waals surface area contributed by atoms with Crippen molar-refractivity contribution in [3.8, 4) is 0 Å². The van der Waals surface area contributed by atoms with E-state index >= 15 is 0 Å². The van der Waals surface area contributed by atoms with Crippen LogP contribution in [0.2, 0.25) is 0 Å². The van der Waals surface area contributed by atoms with E-state index in [0.29, 0.717) is 5.56 Å². The van der Waals surface area contributed by atoms with Gasteiger partial charge in [0.15, 0.2) is 4.60 Å². The molecular weight excluding hydrogens is 262 g/mol. The molecule has 15 heavy (non-hydrogen) atoms. The average molecular weight is 272 g/mol. The van der Waals surface area contributed by atoms with Crippen LogP contribution in [0.3, 0.4) is 0 Å². The van der Waals surface area contributed by atoms with Gasteiger partial charge in [-0.3, -0.25) is 10.1 Å². The summed E-state index contributed by atoms with van der Waals surface area (Å²) in [7, 11) is 3.69. The third kappa shape index (κ3) is 3.02. The Kier molecular flexibility index (Phi) is 3.79. The SMILES string of the molecule is CN(C)/C=C/c1ccnc(Br)c1[N+](=O)[O-]. The molecule has 0 fully saturated rings. The van der Waals surface area contributed by atoms with Gasteiger partial charge in [-0.05, 0) is 34.3 Å². The highest BCUT2D eigenvalue weighted by Gasteiger charge is 2.17. The predicted octanol–water partition coefficient (Wildman–Crippen LogP) is 2.28. The van der Waals surface area contributed by atoms with Gasteiger partial charge in [-0.15, -0.1) is 0 Å². The zero-order valence-electron chi connectivity index (χ0n) is 8.35. The molecule has 0 aliphatic carbocycles. The number of nitrogens with zero attached hydrogens (tertiary/aromatic N) is 3. The second-order valence-corrected chi connectivity index (χ2v) is 3.83. The Balaban J connectivity index is 3.17. The van der Waals surface area contributed by atoms with Crippen molar-refractivity contribution >= 4 is 27.7 Å². The highest BCUT2D eigenvalue weighted by Crippen LogP contribution is 2.27. The summed E-state index contributed by atoms with van der Waals surface area (Å²) in [6.07, 6.45) is 4.94.